The number of piperidine rings is 1. The van der Waals surface area contributed by atoms with Crippen LogP contribution in [0.4, 0.5) is 5.13 Å². The third-order valence-corrected chi connectivity index (χ3v) is 6.51. The Balaban J connectivity index is 1.60. The molecule has 1 saturated heterocycles. The predicted octanol–water partition coefficient (Wildman–Crippen LogP) is 3.12. The van der Waals surface area contributed by atoms with E-state index in [1.54, 1.807) is 0 Å². The topological polar surface area (TPSA) is 39.6 Å². The third-order valence-electron chi connectivity index (χ3n) is 5.47. The molecule has 1 aliphatic heterocycles. The van der Waals surface area contributed by atoms with E-state index in [2.05, 4.69) is 28.6 Å². The number of anilines is 1. The molecule has 0 bridgehead atoms. The van der Waals surface area contributed by atoms with Gasteiger partial charge in [-0.3, -0.25) is 4.90 Å². The van der Waals surface area contributed by atoms with Crippen molar-refractivity contribution in [3.05, 3.63) is 11.1 Å². The second kappa shape index (κ2) is 6.85. The molecule has 0 radical (unpaired) electrons. The zero-order chi connectivity index (χ0) is 15.6. The van der Waals surface area contributed by atoms with Gasteiger partial charge in [0.1, 0.15) is 0 Å². The molecule has 1 N–H and O–H groups in total. The molecule has 1 saturated carbocycles. The van der Waals surface area contributed by atoms with Gasteiger partial charge in [0.05, 0.1) is 5.60 Å². The molecule has 0 spiro atoms. The first-order valence-corrected chi connectivity index (χ1v) is 9.60. The van der Waals surface area contributed by atoms with Gasteiger partial charge in [-0.15, -0.1) is 11.3 Å². The molecule has 5 heteroatoms. The van der Waals surface area contributed by atoms with E-state index in [1.165, 1.54) is 24.1 Å². The van der Waals surface area contributed by atoms with E-state index in [0.29, 0.717) is 5.92 Å². The van der Waals surface area contributed by atoms with E-state index in [-0.39, 0.29) is 5.60 Å². The van der Waals surface area contributed by atoms with Crippen LogP contribution in [0.15, 0.2) is 6.20 Å². The van der Waals surface area contributed by atoms with E-state index >= 15 is 0 Å². The Hall–Kier alpha value is -0.650. The summed E-state index contributed by atoms with van der Waals surface area (Å²) >= 11 is 1.82. The van der Waals surface area contributed by atoms with E-state index in [9.17, 15) is 5.11 Å². The predicted molar refractivity (Wildman–Crippen MR) is 92.5 cm³/mol. The Morgan fingerprint density at radius 2 is 2.18 bits per heavy atom. The molecule has 2 aliphatic rings. The molecule has 22 heavy (non-hydrogen) atoms. The van der Waals surface area contributed by atoms with Crippen molar-refractivity contribution in [2.24, 2.45) is 5.92 Å². The number of fused-ring (bicyclic) bond motifs is 1. The number of aromatic nitrogens is 1. The average Bonchev–Trinajstić information content (AvgIpc) is 2.97. The van der Waals surface area contributed by atoms with Crippen molar-refractivity contribution in [1.29, 1.82) is 0 Å². The number of hydrogen-bond donors (Lipinski definition) is 1. The molecule has 4 nitrogen and oxygen atoms in total. The summed E-state index contributed by atoms with van der Waals surface area (Å²) in [6.07, 6.45) is 7.68. The van der Waals surface area contributed by atoms with Crippen molar-refractivity contribution in [2.45, 2.75) is 58.1 Å². The molecule has 1 aromatic rings. The Kier molecular flexibility index (Phi) is 5.05. The van der Waals surface area contributed by atoms with Crippen LogP contribution in [0.25, 0.3) is 0 Å². The minimum atomic E-state index is -0.366. The molecule has 1 aliphatic carbocycles. The number of hydrogen-bond acceptors (Lipinski definition) is 5. The summed E-state index contributed by atoms with van der Waals surface area (Å²) < 4.78 is 0. The molecule has 2 fully saturated rings. The Labute approximate surface area is 138 Å². The van der Waals surface area contributed by atoms with Crippen molar-refractivity contribution in [3.8, 4) is 0 Å². The number of thiazole rings is 1. The lowest BCUT2D eigenvalue weighted by atomic mass is 9.71. The lowest BCUT2D eigenvalue weighted by Crippen LogP contribution is -2.52. The first-order valence-electron chi connectivity index (χ1n) is 8.79. The number of likely N-dealkylation sites (tertiary alicyclic amines) is 1. The maximum atomic E-state index is 10.8. The summed E-state index contributed by atoms with van der Waals surface area (Å²) in [5.74, 6) is 0.477. The van der Waals surface area contributed by atoms with Crippen molar-refractivity contribution in [2.75, 3.05) is 31.1 Å². The number of nitrogens with zero attached hydrogens (tertiary/aromatic N) is 3. The van der Waals surface area contributed by atoms with Gasteiger partial charge in [-0.2, -0.15) is 0 Å². The molecule has 2 atom stereocenters. The quantitative estimate of drug-likeness (QED) is 0.904. The van der Waals surface area contributed by atoms with Gasteiger partial charge in [0.25, 0.3) is 0 Å². The normalized spacial score (nSPS) is 29.3. The summed E-state index contributed by atoms with van der Waals surface area (Å²) in [5.41, 5.74) is -0.366. The molecule has 2 unspecified atom stereocenters. The largest absolute Gasteiger partial charge is 0.390 e. The molecule has 3 rings (SSSR count). The minimum Gasteiger partial charge on any atom is -0.390 e. The van der Waals surface area contributed by atoms with Crippen molar-refractivity contribution < 1.29 is 5.11 Å². The second-order valence-corrected chi connectivity index (χ2v) is 7.91. The minimum absolute atomic E-state index is 0.366. The second-order valence-electron chi connectivity index (χ2n) is 6.81. The van der Waals surface area contributed by atoms with Crippen molar-refractivity contribution in [3.63, 3.8) is 0 Å². The zero-order valence-corrected chi connectivity index (χ0v) is 14.7. The van der Waals surface area contributed by atoms with Gasteiger partial charge >= 0.3 is 0 Å². The first-order chi connectivity index (χ1) is 10.6. The lowest BCUT2D eigenvalue weighted by molar-refractivity contribution is -0.0966. The van der Waals surface area contributed by atoms with Gasteiger partial charge in [-0.25, -0.2) is 4.98 Å². The molecule has 124 valence electrons. The van der Waals surface area contributed by atoms with Crippen LogP contribution in [0.3, 0.4) is 0 Å². The maximum absolute atomic E-state index is 10.8. The molecule has 2 heterocycles. The fraction of sp³-hybridized carbons (Fsp3) is 0.824. The van der Waals surface area contributed by atoms with Gasteiger partial charge in [-0.1, -0.05) is 12.8 Å². The molecular weight excluding hydrogens is 294 g/mol. The van der Waals surface area contributed by atoms with E-state index in [1.807, 2.05) is 17.5 Å². The molecule has 0 aromatic carbocycles. The zero-order valence-electron chi connectivity index (χ0n) is 13.9. The smallest absolute Gasteiger partial charge is 0.185 e. The average molecular weight is 324 g/mol. The van der Waals surface area contributed by atoms with Crippen molar-refractivity contribution >= 4 is 16.5 Å². The summed E-state index contributed by atoms with van der Waals surface area (Å²) in [4.78, 5) is 10.8. The highest BCUT2D eigenvalue weighted by molar-refractivity contribution is 7.15. The maximum Gasteiger partial charge on any atom is 0.185 e. The van der Waals surface area contributed by atoms with Gasteiger partial charge in [0.15, 0.2) is 5.13 Å². The number of aliphatic hydroxyl groups is 1. The Morgan fingerprint density at radius 1 is 1.36 bits per heavy atom. The molecular formula is C17H29N3OS. The van der Waals surface area contributed by atoms with Crippen LogP contribution >= 0.6 is 11.3 Å². The highest BCUT2D eigenvalue weighted by Gasteiger charge is 2.42. The van der Waals surface area contributed by atoms with Crippen LogP contribution in [-0.2, 0) is 6.54 Å². The van der Waals surface area contributed by atoms with Crippen LogP contribution in [0, 0.1) is 5.92 Å². The Morgan fingerprint density at radius 3 is 2.95 bits per heavy atom. The van der Waals surface area contributed by atoms with Crippen LogP contribution in [0.5, 0.6) is 0 Å². The van der Waals surface area contributed by atoms with Gasteiger partial charge in [0, 0.05) is 49.7 Å². The van der Waals surface area contributed by atoms with Crippen LogP contribution in [0.2, 0.25) is 0 Å². The standard InChI is InChI=1S/C17H29N3OS/c1-3-20(4-2)16-18-11-15(22-16)13-19-10-9-17(21)8-6-5-7-14(17)12-19/h11,14,21H,3-10,12-13H2,1-2H3. The van der Waals surface area contributed by atoms with E-state index < -0.39 is 0 Å². The third kappa shape index (κ3) is 3.31. The van der Waals surface area contributed by atoms with Gasteiger partial charge in [-0.05, 0) is 33.1 Å². The van der Waals surface area contributed by atoms with Crippen LogP contribution in [0.1, 0.15) is 50.8 Å². The fourth-order valence-electron chi connectivity index (χ4n) is 4.01. The van der Waals surface area contributed by atoms with Crippen LogP contribution in [-0.4, -0.2) is 46.8 Å². The highest BCUT2D eigenvalue weighted by atomic mass is 32.1. The number of rotatable bonds is 5. The van der Waals surface area contributed by atoms with E-state index in [4.69, 9.17) is 0 Å². The van der Waals surface area contributed by atoms with Crippen molar-refractivity contribution in [1.82, 2.24) is 9.88 Å². The van der Waals surface area contributed by atoms with Crippen LogP contribution < -0.4 is 4.90 Å². The fourth-order valence-corrected chi connectivity index (χ4v) is 5.09. The SMILES string of the molecule is CCN(CC)c1ncc(CN2CCC3(O)CCCCC3C2)s1. The molecule has 1 aromatic heterocycles. The highest BCUT2D eigenvalue weighted by Crippen LogP contribution is 2.40. The monoisotopic (exact) mass is 323 g/mol. The Bertz CT molecular complexity index is 488. The first kappa shape index (κ1) is 16.2. The van der Waals surface area contributed by atoms with Gasteiger partial charge < -0.3 is 10.0 Å². The summed E-state index contributed by atoms with van der Waals surface area (Å²) in [7, 11) is 0. The summed E-state index contributed by atoms with van der Waals surface area (Å²) in [5, 5.41) is 11.9. The molecule has 0 amide bonds. The summed E-state index contributed by atoms with van der Waals surface area (Å²) in [6, 6.07) is 0. The van der Waals surface area contributed by atoms with Gasteiger partial charge in [0.2, 0.25) is 0 Å². The summed E-state index contributed by atoms with van der Waals surface area (Å²) in [6.45, 7) is 9.45. The van der Waals surface area contributed by atoms with E-state index in [0.717, 1.165) is 50.7 Å². The lowest BCUT2D eigenvalue weighted by Gasteiger charge is -2.47.